The lowest BCUT2D eigenvalue weighted by atomic mass is 10.2. The van der Waals surface area contributed by atoms with Crippen molar-refractivity contribution in [3.63, 3.8) is 0 Å². The average Bonchev–Trinajstić information content (AvgIpc) is 2.40. The van der Waals surface area contributed by atoms with Gasteiger partial charge in [-0.25, -0.2) is 13.6 Å². The third-order valence-corrected chi connectivity index (χ3v) is 5.52. The number of primary sulfonamides is 1. The van der Waals surface area contributed by atoms with Crippen molar-refractivity contribution in [3.8, 4) is 0 Å². The van der Waals surface area contributed by atoms with Gasteiger partial charge in [-0.05, 0) is 67.8 Å². The lowest BCUT2D eigenvalue weighted by Gasteiger charge is -2.10. The molecule has 0 aliphatic rings. The number of nitrogens with one attached hydrogen (secondary N) is 1. The minimum Gasteiger partial charge on any atom is -0.380 e. The van der Waals surface area contributed by atoms with Gasteiger partial charge in [-0.2, -0.15) is 0 Å². The van der Waals surface area contributed by atoms with E-state index in [1.807, 2.05) is 18.2 Å². The summed E-state index contributed by atoms with van der Waals surface area (Å²) < 4.78 is 24.0. The van der Waals surface area contributed by atoms with Crippen LogP contribution >= 0.6 is 43.5 Å². The highest BCUT2D eigenvalue weighted by Crippen LogP contribution is 2.27. The van der Waals surface area contributed by atoms with E-state index in [1.165, 1.54) is 12.1 Å². The zero-order chi connectivity index (χ0) is 15.6. The number of benzene rings is 2. The molecule has 0 fully saturated rings. The lowest BCUT2D eigenvalue weighted by Crippen LogP contribution is -2.12. The predicted molar refractivity (Wildman–Crippen MR) is 92.0 cm³/mol. The highest BCUT2D eigenvalue weighted by molar-refractivity contribution is 9.11. The van der Waals surface area contributed by atoms with Crippen LogP contribution in [0.25, 0.3) is 0 Å². The second-order valence-corrected chi connectivity index (χ2v) is 7.97. The summed E-state index contributed by atoms with van der Waals surface area (Å²) in [5.74, 6) is 0. The largest absolute Gasteiger partial charge is 0.380 e. The number of nitrogens with two attached hydrogens (primary N) is 1. The fraction of sp³-hybridized carbons (Fsp3) is 0.0769. The number of hydrogen-bond acceptors (Lipinski definition) is 3. The molecule has 0 atom stereocenters. The van der Waals surface area contributed by atoms with Crippen LogP contribution in [0.1, 0.15) is 5.56 Å². The molecule has 0 spiro atoms. The molecule has 21 heavy (non-hydrogen) atoms. The van der Waals surface area contributed by atoms with Crippen LogP contribution in [-0.4, -0.2) is 8.42 Å². The summed E-state index contributed by atoms with van der Waals surface area (Å²) in [5.41, 5.74) is 1.81. The van der Waals surface area contributed by atoms with Crippen molar-refractivity contribution in [3.05, 3.63) is 55.9 Å². The Bertz CT molecular complexity index is 782. The fourth-order valence-corrected chi connectivity index (χ4v) is 3.42. The smallest absolute Gasteiger partial charge is 0.238 e. The maximum Gasteiger partial charge on any atom is 0.238 e. The summed E-state index contributed by atoms with van der Waals surface area (Å²) in [5, 5.41) is 8.94. The van der Waals surface area contributed by atoms with E-state index in [-0.39, 0.29) is 4.90 Å². The lowest BCUT2D eigenvalue weighted by molar-refractivity contribution is 0.598. The Morgan fingerprint density at radius 1 is 1.10 bits per heavy atom. The number of rotatable bonds is 4. The second-order valence-electron chi connectivity index (χ2n) is 4.29. The van der Waals surface area contributed by atoms with Gasteiger partial charge in [0.1, 0.15) is 0 Å². The van der Waals surface area contributed by atoms with Crippen LogP contribution in [0.4, 0.5) is 5.69 Å². The van der Waals surface area contributed by atoms with Gasteiger partial charge in [-0.1, -0.05) is 17.7 Å². The van der Waals surface area contributed by atoms with Gasteiger partial charge >= 0.3 is 0 Å². The van der Waals surface area contributed by atoms with Gasteiger partial charge in [0.05, 0.1) is 9.92 Å². The van der Waals surface area contributed by atoms with Crippen molar-refractivity contribution >= 4 is 59.2 Å². The van der Waals surface area contributed by atoms with E-state index in [9.17, 15) is 8.42 Å². The zero-order valence-corrected chi connectivity index (χ0v) is 15.4. The minimum atomic E-state index is -3.70. The molecule has 8 heteroatoms. The molecule has 0 amide bonds. The summed E-state index contributed by atoms with van der Waals surface area (Å²) in [6.45, 7) is 0.573. The van der Waals surface area contributed by atoms with E-state index < -0.39 is 10.0 Å². The van der Waals surface area contributed by atoms with Crippen molar-refractivity contribution in [2.75, 3.05) is 5.32 Å². The van der Waals surface area contributed by atoms with Crippen LogP contribution in [-0.2, 0) is 16.6 Å². The van der Waals surface area contributed by atoms with Gasteiger partial charge in [0, 0.05) is 21.2 Å². The fourth-order valence-electron chi connectivity index (χ4n) is 1.66. The third-order valence-electron chi connectivity index (χ3n) is 2.74. The Labute approximate surface area is 145 Å². The number of anilines is 1. The molecule has 0 heterocycles. The van der Waals surface area contributed by atoms with E-state index in [1.54, 1.807) is 6.07 Å². The summed E-state index contributed by atoms with van der Waals surface area (Å²) in [6, 6.07) is 10.2. The van der Waals surface area contributed by atoms with E-state index in [0.717, 1.165) is 15.7 Å². The van der Waals surface area contributed by atoms with Crippen LogP contribution in [0, 0.1) is 0 Å². The van der Waals surface area contributed by atoms with Crippen LogP contribution in [0.15, 0.2) is 50.2 Å². The molecule has 4 nitrogen and oxygen atoms in total. The van der Waals surface area contributed by atoms with Gasteiger partial charge in [0.15, 0.2) is 0 Å². The first-order valence-electron chi connectivity index (χ1n) is 5.77. The SMILES string of the molecule is NS(=O)(=O)c1ccc(NCc2ccc(Cl)c(Br)c2)c(Br)c1. The Morgan fingerprint density at radius 2 is 1.81 bits per heavy atom. The molecular formula is C13H11Br2ClN2O2S. The molecule has 2 aromatic carbocycles. The van der Waals surface area contributed by atoms with Gasteiger partial charge in [0.25, 0.3) is 0 Å². The van der Waals surface area contributed by atoms with E-state index >= 15 is 0 Å². The maximum absolute atomic E-state index is 11.3. The van der Waals surface area contributed by atoms with Crippen LogP contribution in [0.3, 0.4) is 0 Å². The molecule has 2 rings (SSSR count). The Hall–Kier alpha value is -0.600. The maximum atomic E-state index is 11.3. The molecule has 0 aromatic heterocycles. The quantitative estimate of drug-likeness (QED) is 0.730. The van der Waals surface area contributed by atoms with Gasteiger partial charge in [0.2, 0.25) is 10.0 Å². The predicted octanol–water partition coefficient (Wildman–Crippen LogP) is 4.12. The standard InChI is InChI=1S/C13H11Br2ClN2O2S/c14-10-5-8(1-3-12(10)16)7-18-13-4-2-9(6-11(13)15)21(17,19)20/h1-6,18H,7H2,(H2,17,19,20). The summed E-state index contributed by atoms with van der Waals surface area (Å²) in [6.07, 6.45) is 0. The molecule has 0 radical (unpaired) electrons. The van der Waals surface area contributed by atoms with E-state index in [0.29, 0.717) is 16.0 Å². The monoisotopic (exact) mass is 452 g/mol. The topological polar surface area (TPSA) is 72.2 Å². The van der Waals surface area contributed by atoms with Gasteiger partial charge in [-0.3, -0.25) is 0 Å². The number of hydrogen-bond donors (Lipinski definition) is 2. The van der Waals surface area contributed by atoms with Gasteiger partial charge < -0.3 is 5.32 Å². The third kappa shape index (κ3) is 4.43. The Balaban J connectivity index is 2.15. The van der Waals surface area contributed by atoms with Gasteiger partial charge in [-0.15, -0.1) is 0 Å². The van der Waals surface area contributed by atoms with Crippen molar-refractivity contribution in [1.29, 1.82) is 0 Å². The summed E-state index contributed by atoms with van der Waals surface area (Å²) in [7, 11) is -3.70. The molecule has 0 bridgehead atoms. The molecule has 0 saturated heterocycles. The van der Waals surface area contributed by atoms with Crippen LogP contribution in [0.5, 0.6) is 0 Å². The van der Waals surface area contributed by atoms with Crippen molar-refractivity contribution in [1.82, 2.24) is 0 Å². The first-order chi connectivity index (χ1) is 9.77. The highest BCUT2D eigenvalue weighted by Gasteiger charge is 2.10. The molecule has 0 aliphatic heterocycles. The average molecular weight is 455 g/mol. The summed E-state index contributed by atoms with van der Waals surface area (Å²) in [4.78, 5) is 0.0640. The zero-order valence-electron chi connectivity index (χ0n) is 10.6. The molecule has 2 aromatic rings. The molecular weight excluding hydrogens is 443 g/mol. The van der Waals surface area contributed by atoms with E-state index in [2.05, 4.69) is 37.2 Å². The minimum absolute atomic E-state index is 0.0640. The first kappa shape index (κ1) is 16.8. The normalized spacial score (nSPS) is 11.4. The first-order valence-corrected chi connectivity index (χ1v) is 9.28. The second kappa shape index (κ2) is 6.66. The number of halogens is 3. The highest BCUT2D eigenvalue weighted by atomic mass is 79.9. The molecule has 3 N–H and O–H groups in total. The molecule has 112 valence electrons. The summed E-state index contributed by atoms with van der Waals surface area (Å²) >= 11 is 12.6. The van der Waals surface area contributed by atoms with Crippen LogP contribution in [0.2, 0.25) is 5.02 Å². The van der Waals surface area contributed by atoms with Crippen molar-refractivity contribution in [2.24, 2.45) is 5.14 Å². The number of sulfonamides is 1. The van der Waals surface area contributed by atoms with Crippen LogP contribution < -0.4 is 10.5 Å². The molecule has 0 unspecified atom stereocenters. The Morgan fingerprint density at radius 3 is 2.38 bits per heavy atom. The Kier molecular flexibility index (Phi) is 5.32. The van der Waals surface area contributed by atoms with Crippen molar-refractivity contribution in [2.45, 2.75) is 11.4 Å². The molecule has 0 aliphatic carbocycles. The van der Waals surface area contributed by atoms with Crippen molar-refractivity contribution < 1.29 is 8.42 Å². The van der Waals surface area contributed by atoms with E-state index in [4.69, 9.17) is 16.7 Å². The molecule has 0 saturated carbocycles.